The van der Waals surface area contributed by atoms with Gasteiger partial charge in [0.05, 0.1) is 18.9 Å². The molecule has 0 unspecified atom stereocenters. The first-order chi connectivity index (χ1) is 10.5. The molecule has 1 heterocycles. The molecule has 0 radical (unpaired) electrons. The van der Waals surface area contributed by atoms with Gasteiger partial charge in [-0.3, -0.25) is 0 Å². The molecule has 1 aromatic heterocycles. The average molecular weight is 320 g/mol. The first-order valence-corrected chi connectivity index (χ1v) is 8.21. The van der Waals surface area contributed by atoms with Crippen molar-refractivity contribution in [1.82, 2.24) is 9.88 Å². The summed E-state index contributed by atoms with van der Waals surface area (Å²) in [6.07, 6.45) is 0. The molecule has 0 fully saturated rings. The monoisotopic (exact) mass is 320 g/mol. The van der Waals surface area contributed by atoms with Crippen molar-refractivity contribution in [2.24, 2.45) is 5.41 Å². The van der Waals surface area contributed by atoms with Gasteiger partial charge in [-0.05, 0) is 14.0 Å². The topological polar surface area (TPSA) is 56.6 Å². The van der Waals surface area contributed by atoms with E-state index in [1.165, 1.54) is 4.88 Å². The van der Waals surface area contributed by atoms with E-state index in [-0.39, 0.29) is 13.2 Å². The van der Waals surface area contributed by atoms with E-state index in [4.69, 9.17) is 0 Å². The molecule has 0 amide bonds. The number of aliphatic hydroxyl groups excluding tert-OH is 2. The van der Waals surface area contributed by atoms with E-state index < -0.39 is 5.41 Å². The van der Waals surface area contributed by atoms with Crippen LogP contribution in [0.5, 0.6) is 0 Å². The highest BCUT2D eigenvalue weighted by Gasteiger charge is 2.25. The molecule has 2 aromatic rings. The van der Waals surface area contributed by atoms with E-state index in [0.29, 0.717) is 6.54 Å². The van der Waals surface area contributed by atoms with Crippen LogP contribution in [0.25, 0.3) is 10.6 Å². The van der Waals surface area contributed by atoms with Crippen LogP contribution in [-0.2, 0) is 6.54 Å². The molecule has 0 saturated heterocycles. The molecular formula is C17H24N2O2S. The standard InChI is InChI=1S/C17H24N2O2S/c1-13-15(9-19(3)10-17(2,11-20)12-21)22-16(18-13)14-7-5-4-6-8-14/h4-8,20-21H,9-12H2,1-3H3. The molecule has 1 aromatic carbocycles. The van der Waals surface area contributed by atoms with E-state index in [1.807, 2.05) is 39.1 Å². The van der Waals surface area contributed by atoms with Gasteiger partial charge in [0.1, 0.15) is 5.01 Å². The van der Waals surface area contributed by atoms with Crippen LogP contribution in [0.1, 0.15) is 17.5 Å². The number of thiazole rings is 1. The Morgan fingerprint density at radius 2 is 1.82 bits per heavy atom. The first kappa shape index (κ1) is 17.1. The van der Waals surface area contributed by atoms with Crippen molar-refractivity contribution in [3.63, 3.8) is 0 Å². The van der Waals surface area contributed by atoms with Crippen LogP contribution in [-0.4, -0.2) is 46.9 Å². The van der Waals surface area contributed by atoms with Crippen molar-refractivity contribution in [3.05, 3.63) is 40.9 Å². The Kier molecular flexibility index (Phi) is 5.69. The van der Waals surface area contributed by atoms with Crippen LogP contribution in [0.2, 0.25) is 0 Å². The molecule has 2 N–H and O–H groups in total. The summed E-state index contributed by atoms with van der Waals surface area (Å²) in [5, 5.41) is 19.9. The number of aliphatic hydroxyl groups is 2. The van der Waals surface area contributed by atoms with Gasteiger partial charge in [0.25, 0.3) is 0 Å². The molecule has 0 saturated carbocycles. The van der Waals surface area contributed by atoms with E-state index in [2.05, 4.69) is 22.0 Å². The minimum absolute atomic E-state index is 0.0230. The van der Waals surface area contributed by atoms with Crippen LogP contribution in [0, 0.1) is 12.3 Å². The summed E-state index contributed by atoms with van der Waals surface area (Å²) in [5.74, 6) is 0. The maximum Gasteiger partial charge on any atom is 0.123 e. The lowest BCUT2D eigenvalue weighted by Gasteiger charge is -2.30. The van der Waals surface area contributed by atoms with Gasteiger partial charge in [-0.25, -0.2) is 4.98 Å². The predicted octanol–water partition coefficient (Wildman–Crippen LogP) is 2.54. The molecule has 0 aliphatic carbocycles. The lowest BCUT2D eigenvalue weighted by Crippen LogP contribution is -2.38. The fourth-order valence-corrected chi connectivity index (χ4v) is 3.53. The maximum absolute atomic E-state index is 9.41. The van der Waals surface area contributed by atoms with Crippen LogP contribution in [0.4, 0.5) is 0 Å². The zero-order valence-electron chi connectivity index (χ0n) is 13.4. The van der Waals surface area contributed by atoms with Crippen LogP contribution in [0.3, 0.4) is 0 Å². The highest BCUT2D eigenvalue weighted by atomic mass is 32.1. The second kappa shape index (κ2) is 7.33. The lowest BCUT2D eigenvalue weighted by molar-refractivity contribution is 0.0404. The Morgan fingerprint density at radius 1 is 1.18 bits per heavy atom. The summed E-state index contributed by atoms with van der Waals surface area (Å²) in [4.78, 5) is 8.01. The Hall–Kier alpha value is -1.27. The summed E-state index contributed by atoms with van der Waals surface area (Å²) < 4.78 is 0. The van der Waals surface area contributed by atoms with Gasteiger partial charge < -0.3 is 15.1 Å². The highest BCUT2D eigenvalue weighted by molar-refractivity contribution is 7.15. The number of rotatable bonds is 7. The van der Waals surface area contributed by atoms with Gasteiger partial charge in [-0.15, -0.1) is 11.3 Å². The predicted molar refractivity (Wildman–Crippen MR) is 90.9 cm³/mol. The summed E-state index contributed by atoms with van der Waals surface area (Å²) in [6.45, 7) is 5.28. The smallest absolute Gasteiger partial charge is 0.123 e. The van der Waals surface area contributed by atoms with Gasteiger partial charge in [0, 0.05) is 28.9 Å². The largest absolute Gasteiger partial charge is 0.396 e. The van der Waals surface area contributed by atoms with Gasteiger partial charge in [0.15, 0.2) is 0 Å². The highest BCUT2D eigenvalue weighted by Crippen LogP contribution is 2.29. The number of nitrogens with zero attached hydrogens (tertiary/aromatic N) is 2. The van der Waals surface area contributed by atoms with Crippen molar-refractivity contribution in [2.45, 2.75) is 20.4 Å². The third-order valence-corrected chi connectivity index (χ3v) is 4.93. The number of hydrogen-bond donors (Lipinski definition) is 2. The zero-order chi connectivity index (χ0) is 16.2. The van der Waals surface area contributed by atoms with E-state index >= 15 is 0 Å². The number of aryl methyl sites for hydroxylation is 1. The number of benzene rings is 1. The summed E-state index contributed by atoms with van der Waals surface area (Å²) in [7, 11) is 2.00. The molecule has 2 rings (SSSR count). The molecule has 5 heteroatoms. The van der Waals surface area contributed by atoms with Crippen molar-refractivity contribution in [1.29, 1.82) is 0 Å². The molecule has 0 spiro atoms. The normalized spacial score (nSPS) is 12.1. The van der Waals surface area contributed by atoms with Gasteiger partial charge in [0.2, 0.25) is 0 Å². The third-order valence-electron chi connectivity index (χ3n) is 3.74. The number of aromatic nitrogens is 1. The minimum atomic E-state index is -0.477. The maximum atomic E-state index is 9.41. The van der Waals surface area contributed by atoms with Gasteiger partial charge in [-0.2, -0.15) is 0 Å². The minimum Gasteiger partial charge on any atom is -0.396 e. The van der Waals surface area contributed by atoms with Crippen LogP contribution in [0.15, 0.2) is 30.3 Å². The molecule has 22 heavy (non-hydrogen) atoms. The van der Waals surface area contributed by atoms with E-state index in [9.17, 15) is 10.2 Å². The van der Waals surface area contributed by atoms with Crippen molar-refractivity contribution < 1.29 is 10.2 Å². The molecule has 0 atom stereocenters. The van der Waals surface area contributed by atoms with Crippen LogP contribution < -0.4 is 0 Å². The fourth-order valence-electron chi connectivity index (χ4n) is 2.38. The molecule has 0 aliphatic heterocycles. The Morgan fingerprint density at radius 3 is 2.41 bits per heavy atom. The zero-order valence-corrected chi connectivity index (χ0v) is 14.2. The van der Waals surface area contributed by atoms with Crippen molar-refractivity contribution in [2.75, 3.05) is 26.8 Å². The second-order valence-corrected chi connectivity index (χ2v) is 7.28. The SMILES string of the molecule is Cc1nc(-c2ccccc2)sc1CN(C)CC(C)(CO)CO. The second-order valence-electron chi connectivity index (χ2n) is 6.19. The number of hydrogen-bond acceptors (Lipinski definition) is 5. The average Bonchev–Trinajstić information content (AvgIpc) is 2.89. The third kappa shape index (κ3) is 4.14. The molecular weight excluding hydrogens is 296 g/mol. The Balaban J connectivity index is 2.09. The Bertz CT molecular complexity index is 594. The molecule has 120 valence electrons. The van der Waals surface area contributed by atoms with Crippen LogP contribution >= 0.6 is 11.3 Å². The lowest BCUT2D eigenvalue weighted by atomic mass is 9.92. The van der Waals surface area contributed by atoms with Gasteiger partial charge in [-0.1, -0.05) is 37.3 Å². The Labute approximate surface area is 136 Å². The van der Waals surface area contributed by atoms with Gasteiger partial charge >= 0.3 is 0 Å². The summed E-state index contributed by atoms with van der Waals surface area (Å²) in [6, 6.07) is 10.2. The first-order valence-electron chi connectivity index (χ1n) is 7.39. The van der Waals surface area contributed by atoms with E-state index in [0.717, 1.165) is 22.8 Å². The summed E-state index contributed by atoms with van der Waals surface area (Å²) in [5.41, 5.74) is 1.71. The van der Waals surface area contributed by atoms with Crippen molar-refractivity contribution in [3.8, 4) is 10.6 Å². The molecule has 0 aliphatic rings. The summed E-state index contributed by atoms with van der Waals surface area (Å²) >= 11 is 1.70. The quantitative estimate of drug-likeness (QED) is 0.823. The fraction of sp³-hybridized carbons (Fsp3) is 0.471. The molecule has 0 bridgehead atoms. The molecule has 4 nitrogen and oxygen atoms in total. The van der Waals surface area contributed by atoms with Crippen molar-refractivity contribution >= 4 is 11.3 Å². The van der Waals surface area contributed by atoms with E-state index in [1.54, 1.807) is 11.3 Å².